The lowest BCUT2D eigenvalue weighted by Crippen LogP contribution is -2.30. The van der Waals surface area contributed by atoms with Gasteiger partial charge in [-0.25, -0.2) is 4.79 Å². The van der Waals surface area contributed by atoms with E-state index >= 15 is 0 Å². The first-order valence-electron chi connectivity index (χ1n) is 9.22. The summed E-state index contributed by atoms with van der Waals surface area (Å²) in [7, 11) is 0. The van der Waals surface area contributed by atoms with Gasteiger partial charge in [-0.2, -0.15) is 4.98 Å². The number of aryl methyl sites for hydroxylation is 1. The molecule has 1 aliphatic rings. The Labute approximate surface area is 162 Å². The summed E-state index contributed by atoms with van der Waals surface area (Å²) in [6, 6.07) is 6.69. The molecule has 1 saturated heterocycles. The second-order valence-corrected chi connectivity index (χ2v) is 6.94. The SMILES string of the molecule is CC(C)c1noc(CCCC(=O)Nc2cccc(CN3C(=O)CNC3=O)c2)n1. The van der Waals surface area contributed by atoms with Crippen molar-refractivity contribution < 1.29 is 18.9 Å². The smallest absolute Gasteiger partial charge is 0.324 e. The normalized spacial score (nSPS) is 13.9. The minimum absolute atomic E-state index is 0.0218. The van der Waals surface area contributed by atoms with Crippen LogP contribution in [0.2, 0.25) is 0 Å². The van der Waals surface area contributed by atoms with Crippen molar-refractivity contribution in [2.45, 2.75) is 45.6 Å². The molecule has 1 aromatic carbocycles. The van der Waals surface area contributed by atoms with Crippen LogP contribution in [-0.2, 0) is 22.6 Å². The second-order valence-electron chi connectivity index (χ2n) is 6.94. The van der Waals surface area contributed by atoms with Gasteiger partial charge < -0.3 is 15.2 Å². The van der Waals surface area contributed by atoms with Gasteiger partial charge in [0.05, 0.1) is 13.1 Å². The van der Waals surface area contributed by atoms with E-state index in [2.05, 4.69) is 20.8 Å². The number of carbonyl (C=O) groups is 3. The number of carbonyl (C=O) groups excluding carboxylic acids is 3. The zero-order chi connectivity index (χ0) is 20.1. The third kappa shape index (κ3) is 4.93. The number of benzene rings is 1. The quantitative estimate of drug-likeness (QED) is 0.673. The summed E-state index contributed by atoms with van der Waals surface area (Å²) in [6.45, 7) is 4.17. The van der Waals surface area contributed by atoms with Crippen LogP contribution in [0.25, 0.3) is 0 Å². The van der Waals surface area contributed by atoms with Crippen molar-refractivity contribution in [2.24, 2.45) is 0 Å². The van der Waals surface area contributed by atoms with Gasteiger partial charge in [0.25, 0.3) is 0 Å². The molecule has 0 spiro atoms. The average Bonchev–Trinajstić information content (AvgIpc) is 3.24. The van der Waals surface area contributed by atoms with Crippen molar-refractivity contribution >= 4 is 23.5 Å². The molecule has 2 N–H and O–H groups in total. The highest BCUT2D eigenvalue weighted by Crippen LogP contribution is 2.15. The zero-order valence-electron chi connectivity index (χ0n) is 15.9. The number of hydrogen-bond donors (Lipinski definition) is 2. The molecule has 148 valence electrons. The maximum atomic E-state index is 12.2. The fourth-order valence-electron chi connectivity index (χ4n) is 2.77. The lowest BCUT2D eigenvalue weighted by atomic mass is 10.1. The highest BCUT2D eigenvalue weighted by Gasteiger charge is 2.28. The Bertz CT molecular complexity index is 861. The van der Waals surface area contributed by atoms with Crippen molar-refractivity contribution in [3.63, 3.8) is 0 Å². The van der Waals surface area contributed by atoms with Gasteiger partial charge in [0.1, 0.15) is 0 Å². The molecule has 9 nitrogen and oxygen atoms in total. The summed E-state index contributed by atoms with van der Waals surface area (Å²) in [5.74, 6) is 1.01. The van der Waals surface area contributed by atoms with Crippen molar-refractivity contribution in [1.82, 2.24) is 20.4 Å². The van der Waals surface area contributed by atoms with Crippen molar-refractivity contribution in [1.29, 1.82) is 0 Å². The highest BCUT2D eigenvalue weighted by atomic mass is 16.5. The van der Waals surface area contributed by atoms with E-state index in [0.717, 1.165) is 10.5 Å². The minimum atomic E-state index is -0.402. The van der Waals surface area contributed by atoms with Crippen molar-refractivity contribution in [2.75, 3.05) is 11.9 Å². The van der Waals surface area contributed by atoms with Gasteiger partial charge in [-0.1, -0.05) is 31.1 Å². The van der Waals surface area contributed by atoms with E-state index in [-0.39, 0.29) is 30.8 Å². The third-order valence-corrected chi connectivity index (χ3v) is 4.28. The fraction of sp³-hybridized carbons (Fsp3) is 0.421. The monoisotopic (exact) mass is 385 g/mol. The van der Waals surface area contributed by atoms with Gasteiger partial charge in [0.2, 0.25) is 17.7 Å². The number of hydrogen-bond acceptors (Lipinski definition) is 6. The molecule has 9 heteroatoms. The molecule has 1 aliphatic heterocycles. The molecule has 0 radical (unpaired) electrons. The Morgan fingerprint density at radius 2 is 2.18 bits per heavy atom. The highest BCUT2D eigenvalue weighted by molar-refractivity contribution is 6.01. The molecular weight excluding hydrogens is 362 g/mol. The van der Waals surface area contributed by atoms with Crippen LogP contribution in [0.4, 0.5) is 10.5 Å². The zero-order valence-corrected chi connectivity index (χ0v) is 15.9. The van der Waals surface area contributed by atoms with E-state index in [0.29, 0.717) is 36.7 Å². The maximum absolute atomic E-state index is 12.2. The second kappa shape index (κ2) is 8.64. The summed E-state index contributed by atoms with van der Waals surface area (Å²) in [4.78, 5) is 40.9. The lowest BCUT2D eigenvalue weighted by Gasteiger charge is -2.13. The van der Waals surface area contributed by atoms with Crippen LogP contribution in [0.3, 0.4) is 0 Å². The Balaban J connectivity index is 1.48. The first-order valence-corrected chi connectivity index (χ1v) is 9.22. The number of nitrogens with one attached hydrogen (secondary N) is 2. The number of nitrogens with zero attached hydrogens (tertiary/aromatic N) is 3. The molecular formula is C19H23N5O4. The predicted octanol–water partition coefficient (Wildman–Crippen LogP) is 2.21. The van der Waals surface area contributed by atoms with E-state index in [4.69, 9.17) is 4.52 Å². The van der Waals surface area contributed by atoms with Crippen LogP contribution in [-0.4, -0.2) is 39.4 Å². The van der Waals surface area contributed by atoms with Gasteiger partial charge in [-0.05, 0) is 24.1 Å². The van der Waals surface area contributed by atoms with Gasteiger partial charge in [0.15, 0.2) is 5.82 Å². The molecule has 0 aliphatic carbocycles. The molecule has 0 saturated carbocycles. The Morgan fingerprint density at radius 1 is 1.36 bits per heavy atom. The molecule has 2 aromatic rings. The van der Waals surface area contributed by atoms with Crippen LogP contribution in [0, 0.1) is 0 Å². The summed E-state index contributed by atoms with van der Waals surface area (Å²) in [5, 5.41) is 9.21. The molecule has 0 unspecified atom stereocenters. The van der Waals surface area contributed by atoms with Crippen LogP contribution < -0.4 is 10.6 Å². The number of urea groups is 1. The summed E-state index contributed by atoms with van der Waals surface area (Å²) >= 11 is 0. The van der Waals surface area contributed by atoms with Gasteiger partial charge in [-0.3, -0.25) is 14.5 Å². The average molecular weight is 385 g/mol. The Kier molecular flexibility index (Phi) is 6.03. The summed E-state index contributed by atoms with van der Waals surface area (Å²) < 4.78 is 5.16. The molecule has 2 heterocycles. The van der Waals surface area contributed by atoms with Crippen LogP contribution >= 0.6 is 0 Å². The predicted molar refractivity (Wildman–Crippen MR) is 100 cm³/mol. The van der Waals surface area contributed by atoms with Gasteiger partial charge in [0, 0.05) is 24.4 Å². The first-order chi connectivity index (χ1) is 13.4. The van der Waals surface area contributed by atoms with E-state index in [1.54, 1.807) is 24.3 Å². The number of rotatable bonds is 8. The van der Waals surface area contributed by atoms with E-state index in [1.165, 1.54) is 0 Å². The maximum Gasteiger partial charge on any atom is 0.324 e. The lowest BCUT2D eigenvalue weighted by molar-refractivity contribution is -0.125. The number of amides is 4. The molecule has 1 fully saturated rings. The molecule has 0 bridgehead atoms. The van der Waals surface area contributed by atoms with E-state index < -0.39 is 6.03 Å². The van der Waals surface area contributed by atoms with Crippen molar-refractivity contribution in [3.05, 3.63) is 41.5 Å². The van der Waals surface area contributed by atoms with Crippen LogP contribution in [0.15, 0.2) is 28.8 Å². The summed E-state index contributed by atoms with van der Waals surface area (Å²) in [5.41, 5.74) is 1.38. The van der Waals surface area contributed by atoms with E-state index in [9.17, 15) is 14.4 Å². The molecule has 0 atom stereocenters. The molecule has 4 amide bonds. The molecule has 1 aromatic heterocycles. The largest absolute Gasteiger partial charge is 0.339 e. The third-order valence-electron chi connectivity index (χ3n) is 4.28. The van der Waals surface area contributed by atoms with Gasteiger partial charge >= 0.3 is 6.03 Å². The standard InChI is InChI=1S/C19H23N5O4/c1-12(2)18-22-16(28-23-18)8-4-7-15(25)21-14-6-3-5-13(9-14)11-24-17(26)10-20-19(24)27/h3,5-6,9,12H,4,7-8,10-11H2,1-2H3,(H,20,27)(H,21,25). The Morgan fingerprint density at radius 3 is 2.86 bits per heavy atom. The summed E-state index contributed by atoms with van der Waals surface area (Å²) in [6.07, 6.45) is 1.45. The first kappa shape index (κ1) is 19.5. The molecule has 28 heavy (non-hydrogen) atoms. The fourth-order valence-corrected chi connectivity index (χ4v) is 2.77. The molecule has 3 rings (SSSR count). The van der Waals surface area contributed by atoms with Crippen LogP contribution in [0.5, 0.6) is 0 Å². The number of anilines is 1. The van der Waals surface area contributed by atoms with E-state index in [1.807, 2.05) is 13.8 Å². The number of imide groups is 1. The van der Waals surface area contributed by atoms with Gasteiger partial charge in [-0.15, -0.1) is 0 Å². The topological polar surface area (TPSA) is 117 Å². The number of aromatic nitrogens is 2. The van der Waals surface area contributed by atoms with Crippen LogP contribution in [0.1, 0.15) is 49.9 Å². The minimum Gasteiger partial charge on any atom is -0.339 e. The Hall–Kier alpha value is -3.23. The van der Waals surface area contributed by atoms with Crippen molar-refractivity contribution in [3.8, 4) is 0 Å².